The van der Waals surface area contributed by atoms with Gasteiger partial charge in [-0.25, -0.2) is 4.98 Å². The Morgan fingerprint density at radius 1 is 1.14 bits per heavy atom. The lowest BCUT2D eigenvalue weighted by Gasteiger charge is -2.17. The maximum atomic E-state index is 6.35. The van der Waals surface area contributed by atoms with Crippen LogP contribution in [0.2, 0.25) is 5.02 Å². The van der Waals surface area contributed by atoms with Crippen LogP contribution in [-0.2, 0) is 6.42 Å². The van der Waals surface area contributed by atoms with E-state index in [0.717, 1.165) is 28.5 Å². The van der Waals surface area contributed by atoms with Crippen molar-refractivity contribution in [1.29, 1.82) is 0 Å². The first-order valence-corrected chi connectivity index (χ1v) is 8.21. The molecule has 1 heterocycles. The van der Waals surface area contributed by atoms with Gasteiger partial charge >= 0.3 is 0 Å². The molecule has 1 atom stereocenters. The summed E-state index contributed by atoms with van der Waals surface area (Å²) in [5.41, 5.74) is 2.27. The lowest BCUT2D eigenvalue weighted by Crippen LogP contribution is -2.19. The molecular weight excluding hydrogens is 300 g/mol. The molecule has 0 spiro atoms. The number of benzene rings is 2. The summed E-state index contributed by atoms with van der Waals surface area (Å²) in [5.74, 6) is 0.337. The molecule has 4 heteroatoms. The topological polar surface area (TPSA) is 24.9 Å². The van der Waals surface area contributed by atoms with E-state index < -0.39 is 0 Å². The molecule has 3 aromatic rings. The minimum Gasteiger partial charge on any atom is -0.319 e. The van der Waals surface area contributed by atoms with Gasteiger partial charge in [-0.3, -0.25) is 0 Å². The molecule has 0 fully saturated rings. The van der Waals surface area contributed by atoms with Crippen LogP contribution in [0.5, 0.6) is 0 Å². The Kier molecular flexibility index (Phi) is 4.54. The van der Waals surface area contributed by atoms with Crippen LogP contribution in [0.25, 0.3) is 10.2 Å². The zero-order chi connectivity index (χ0) is 14.7. The molecule has 3 rings (SSSR count). The van der Waals surface area contributed by atoms with Gasteiger partial charge in [0.2, 0.25) is 0 Å². The minimum atomic E-state index is 0.337. The second-order valence-electron chi connectivity index (χ2n) is 5.06. The fourth-order valence-electron chi connectivity index (χ4n) is 2.56. The average molecular weight is 317 g/mol. The third kappa shape index (κ3) is 3.26. The Hall–Kier alpha value is -1.42. The third-order valence-electron chi connectivity index (χ3n) is 3.55. The molecule has 0 saturated carbocycles. The Morgan fingerprint density at radius 2 is 1.90 bits per heavy atom. The zero-order valence-corrected chi connectivity index (χ0v) is 13.4. The van der Waals surface area contributed by atoms with Gasteiger partial charge in [-0.1, -0.05) is 41.9 Å². The van der Waals surface area contributed by atoms with Crippen LogP contribution in [0, 0.1) is 0 Å². The van der Waals surface area contributed by atoms with Crippen LogP contribution >= 0.6 is 22.9 Å². The number of thiazole rings is 1. The monoisotopic (exact) mass is 316 g/mol. The number of likely N-dealkylation sites (N-methyl/N-ethyl adjacent to an activating group) is 1. The summed E-state index contributed by atoms with van der Waals surface area (Å²) in [4.78, 5) is 4.74. The van der Waals surface area contributed by atoms with Crippen molar-refractivity contribution in [2.24, 2.45) is 0 Å². The van der Waals surface area contributed by atoms with Gasteiger partial charge in [0.05, 0.1) is 15.2 Å². The van der Waals surface area contributed by atoms with Crippen molar-refractivity contribution in [2.45, 2.75) is 12.3 Å². The van der Waals surface area contributed by atoms with E-state index in [1.165, 1.54) is 10.3 Å². The molecule has 0 amide bonds. The van der Waals surface area contributed by atoms with E-state index in [2.05, 4.69) is 29.6 Å². The highest BCUT2D eigenvalue weighted by atomic mass is 35.5. The molecule has 21 heavy (non-hydrogen) atoms. The molecule has 0 bridgehead atoms. The van der Waals surface area contributed by atoms with Crippen LogP contribution < -0.4 is 5.32 Å². The van der Waals surface area contributed by atoms with Gasteiger partial charge in [-0.05, 0) is 30.8 Å². The van der Waals surface area contributed by atoms with E-state index in [0.29, 0.717) is 5.92 Å². The van der Waals surface area contributed by atoms with Gasteiger partial charge in [0.15, 0.2) is 0 Å². The van der Waals surface area contributed by atoms with Crippen LogP contribution in [0.4, 0.5) is 0 Å². The normalized spacial score (nSPS) is 12.7. The predicted octanol–water partition coefficient (Wildman–Crippen LogP) is 4.50. The molecule has 108 valence electrons. The maximum absolute atomic E-state index is 6.35. The SMILES string of the molecule is CNCC(Cc1nc2ccccc2s1)c1ccccc1Cl. The summed E-state index contributed by atoms with van der Waals surface area (Å²) in [7, 11) is 1.97. The minimum absolute atomic E-state index is 0.337. The van der Waals surface area contributed by atoms with Crippen LogP contribution in [0.1, 0.15) is 16.5 Å². The molecule has 2 aromatic carbocycles. The lowest BCUT2D eigenvalue weighted by molar-refractivity contribution is 0.625. The quantitative estimate of drug-likeness (QED) is 0.750. The molecule has 0 aliphatic rings. The third-order valence-corrected chi connectivity index (χ3v) is 4.96. The van der Waals surface area contributed by atoms with E-state index in [9.17, 15) is 0 Å². The number of para-hydroxylation sites is 1. The number of nitrogens with one attached hydrogen (secondary N) is 1. The predicted molar refractivity (Wildman–Crippen MR) is 91.4 cm³/mol. The van der Waals surface area contributed by atoms with Crippen molar-refractivity contribution in [1.82, 2.24) is 10.3 Å². The Bertz CT molecular complexity index is 705. The summed E-state index contributed by atoms with van der Waals surface area (Å²) in [6, 6.07) is 16.4. The number of halogens is 1. The average Bonchev–Trinajstić information content (AvgIpc) is 2.89. The Balaban J connectivity index is 1.90. The van der Waals surface area contributed by atoms with Gasteiger partial charge in [0.1, 0.15) is 0 Å². The smallest absolute Gasteiger partial charge is 0.0945 e. The van der Waals surface area contributed by atoms with E-state index in [1.807, 2.05) is 31.3 Å². The highest BCUT2D eigenvalue weighted by Crippen LogP contribution is 2.30. The van der Waals surface area contributed by atoms with Crippen molar-refractivity contribution >= 4 is 33.2 Å². The molecule has 0 aliphatic carbocycles. The van der Waals surface area contributed by atoms with E-state index in [-0.39, 0.29) is 0 Å². The van der Waals surface area contributed by atoms with Crippen molar-refractivity contribution in [3.8, 4) is 0 Å². The molecule has 0 aliphatic heterocycles. The van der Waals surface area contributed by atoms with Crippen molar-refractivity contribution in [3.05, 3.63) is 64.1 Å². The highest BCUT2D eigenvalue weighted by Gasteiger charge is 2.16. The number of aromatic nitrogens is 1. The molecular formula is C17H17ClN2S. The second kappa shape index (κ2) is 6.56. The summed E-state index contributed by atoms with van der Waals surface area (Å²) < 4.78 is 1.25. The molecule has 1 N–H and O–H groups in total. The number of fused-ring (bicyclic) bond motifs is 1. The maximum Gasteiger partial charge on any atom is 0.0945 e. The first-order valence-electron chi connectivity index (χ1n) is 7.01. The van der Waals surface area contributed by atoms with Crippen LogP contribution in [0.3, 0.4) is 0 Å². The van der Waals surface area contributed by atoms with Crippen molar-refractivity contribution < 1.29 is 0 Å². The first-order chi connectivity index (χ1) is 10.3. The van der Waals surface area contributed by atoms with Gasteiger partial charge in [0, 0.05) is 23.9 Å². The molecule has 0 radical (unpaired) electrons. The number of rotatable bonds is 5. The molecule has 1 unspecified atom stereocenters. The largest absolute Gasteiger partial charge is 0.319 e. The lowest BCUT2D eigenvalue weighted by atomic mass is 9.96. The van der Waals surface area contributed by atoms with Crippen molar-refractivity contribution in [3.63, 3.8) is 0 Å². The summed E-state index contributed by atoms with van der Waals surface area (Å²) in [5, 5.41) is 5.26. The standard InChI is InChI=1S/C17H17ClN2S/c1-19-11-12(13-6-2-3-7-14(13)18)10-17-20-15-8-4-5-9-16(15)21-17/h2-9,12,19H,10-11H2,1H3. The van der Waals surface area contributed by atoms with Crippen LogP contribution in [-0.4, -0.2) is 18.6 Å². The van der Waals surface area contributed by atoms with Crippen molar-refractivity contribution in [2.75, 3.05) is 13.6 Å². The second-order valence-corrected chi connectivity index (χ2v) is 6.58. The molecule has 2 nitrogen and oxygen atoms in total. The van der Waals surface area contributed by atoms with Crippen LogP contribution in [0.15, 0.2) is 48.5 Å². The molecule has 0 saturated heterocycles. The van der Waals surface area contributed by atoms with Gasteiger partial charge in [0.25, 0.3) is 0 Å². The number of hydrogen-bond donors (Lipinski definition) is 1. The van der Waals surface area contributed by atoms with Gasteiger partial charge < -0.3 is 5.32 Å². The first kappa shape index (κ1) is 14.5. The Morgan fingerprint density at radius 3 is 2.67 bits per heavy atom. The number of nitrogens with zero attached hydrogens (tertiary/aromatic N) is 1. The zero-order valence-electron chi connectivity index (χ0n) is 11.8. The van der Waals surface area contributed by atoms with E-state index in [4.69, 9.17) is 16.6 Å². The van der Waals surface area contributed by atoms with E-state index >= 15 is 0 Å². The Labute approximate surface area is 133 Å². The summed E-state index contributed by atoms with van der Waals surface area (Å²) >= 11 is 8.12. The fraction of sp³-hybridized carbons (Fsp3) is 0.235. The summed E-state index contributed by atoms with van der Waals surface area (Å²) in [6.45, 7) is 0.889. The fourth-order valence-corrected chi connectivity index (χ4v) is 3.90. The highest BCUT2D eigenvalue weighted by molar-refractivity contribution is 7.18. The number of hydrogen-bond acceptors (Lipinski definition) is 3. The van der Waals surface area contributed by atoms with Gasteiger partial charge in [-0.2, -0.15) is 0 Å². The van der Waals surface area contributed by atoms with E-state index in [1.54, 1.807) is 11.3 Å². The van der Waals surface area contributed by atoms with Gasteiger partial charge in [-0.15, -0.1) is 11.3 Å². The molecule has 1 aromatic heterocycles. The summed E-state index contributed by atoms with van der Waals surface area (Å²) in [6.07, 6.45) is 0.907.